The molecule has 1 fully saturated rings. The molecule has 90 valence electrons. The van der Waals surface area contributed by atoms with E-state index in [1.807, 2.05) is 0 Å². The van der Waals surface area contributed by atoms with Gasteiger partial charge in [0.15, 0.2) is 0 Å². The molecule has 0 spiro atoms. The van der Waals surface area contributed by atoms with Crippen LogP contribution in [0.5, 0.6) is 0 Å². The number of ether oxygens (including phenoxy) is 1. The molecule has 1 N–H and O–H groups in total. The average Bonchev–Trinajstić information content (AvgIpc) is 2.18. The Morgan fingerprint density at radius 3 is 2.47 bits per heavy atom. The molecular formula is C13H27NO. The Bertz CT molecular complexity index is 169. The van der Waals surface area contributed by atoms with Crippen LogP contribution < -0.4 is 5.32 Å². The number of nitrogens with one attached hydrogen (secondary N) is 1. The van der Waals surface area contributed by atoms with E-state index in [0.29, 0.717) is 11.5 Å². The van der Waals surface area contributed by atoms with Gasteiger partial charge in [-0.15, -0.1) is 0 Å². The first-order valence-corrected chi connectivity index (χ1v) is 6.28. The summed E-state index contributed by atoms with van der Waals surface area (Å²) in [5.41, 5.74) is 0.577. The monoisotopic (exact) mass is 213 g/mol. The van der Waals surface area contributed by atoms with Crippen molar-refractivity contribution in [3.63, 3.8) is 0 Å². The Morgan fingerprint density at radius 1 is 1.33 bits per heavy atom. The van der Waals surface area contributed by atoms with Crippen molar-refractivity contribution >= 4 is 0 Å². The Balaban J connectivity index is 2.17. The summed E-state index contributed by atoms with van der Waals surface area (Å²) in [6, 6.07) is 1.33. The van der Waals surface area contributed by atoms with Gasteiger partial charge in [0.2, 0.25) is 0 Å². The molecule has 1 unspecified atom stereocenters. The maximum Gasteiger partial charge on any atom is 0.0476 e. The van der Waals surface area contributed by atoms with Gasteiger partial charge in [-0.25, -0.2) is 0 Å². The molecule has 1 aliphatic rings. The fourth-order valence-corrected chi connectivity index (χ4v) is 2.35. The van der Waals surface area contributed by atoms with Crippen LogP contribution in [0.4, 0.5) is 0 Å². The van der Waals surface area contributed by atoms with Crippen LogP contribution in [0.25, 0.3) is 0 Å². The van der Waals surface area contributed by atoms with Crippen LogP contribution in [0.2, 0.25) is 0 Å². The molecule has 0 aromatic carbocycles. The Hall–Kier alpha value is -0.0800. The topological polar surface area (TPSA) is 21.3 Å². The second kappa shape index (κ2) is 5.86. The average molecular weight is 213 g/mol. The van der Waals surface area contributed by atoms with Crippen LogP contribution in [0.3, 0.4) is 0 Å². The second-order valence-electron chi connectivity index (χ2n) is 5.79. The molecule has 1 atom stereocenters. The number of rotatable bonds is 5. The highest BCUT2D eigenvalue weighted by atomic mass is 16.5. The predicted octanol–water partition coefficient (Wildman–Crippen LogP) is 2.97. The van der Waals surface area contributed by atoms with Gasteiger partial charge in [-0.2, -0.15) is 0 Å². The molecule has 1 rings (SSSR count). The van der Waals surface area contributed by atoms with E-state index in [0.717, 1.165) is 19.1 Å². The molecule has 0 aliphatic heterocycles. The van der Waals surface area contributed by atoms with Crippen molar-refractivity contribution in [1.29, 1.82) is 0 Å². The van der Waals surface area contributed by atoms with Gasteiger partial charge in [0.1, 0.15) is 0 Å². The van der Waals surface area contributed by atoms with Gasteiger partial charge in [-0.3, -0.25) is 0 Å². The van der Waals surface area contributed by atoms with E-state index in [1.54, 1.807) is 7.11 Å². The Labute approximate surface area is 94.8 Å². The molecule has 0 radical (unpaired) electrons. The molecule has 2 heteroatoms. The van der Waals surface area contributed by atoms with Crippen LogP contribution in [-0.4, -0.2) is 25.8 Å². The first-order valence-electron chi connectivity index (χ1n) is 6.28. The highest BCUT2D eigenvalue weighted by molar-refractivity contribution is 4.83. The maximum absolute atomic E-state index is 5.09. The van der Waals surface area contributed by atoms with E-state index in [-0.39, 0.29) is 0 Å². The fourth-order valence-electron chi connectivity index (χ4n) is 2.35. The molecule has 1 saturated carbocycles. The molecule has 15 heavy (non-hydrogen) atoms. The van der Waals surface area contributed by atoms with Gasteiger partial charge >= 0.3 is 0 Å². The van der Waals surface area contributed by atoms with Crippen molar-refractivity contribution in [2.24, 2.45) is 5.41 Å². The maximum atomic E-state index is 5.09. The van der Waals surface area contributed by atoms with Gasteiger partial charge in [-0.1, -0.05) is 13.8 Å². The minimum Gasteiger partial charge on any atom is -0.385 e. The standard InChI is InChI=1S/C13H27NO/c1-11(7-10-15-4)14-12-5-8-13(2,3)9-6-12/h11-12,14H,5-10H2,1-4H3. The van der Waals surface area contributed by atoms with Crippen molar-refractivity contribution in [3.8, 4) is 0 Å². The summed E-state index contributed by atoms with van der Waals surface area (Å²) in [4.78, 5) is 0. The van der Waals surface area contributed by atoms with E-state index in [1.165, 1.54) is 25.7 Å². The minimum absolute atomic E-state index is 0.577. The molecule has 0 aromatic heterocycles. The summed E-state index contributed by atoms with van der Waals surface area (Å²) < 4.78 is 5.09. The molecule has 0 saturated heterocycles. The largest absolute Gasteiger partial charge is 0.385 e. The van der Waals surface area contributed by atoms with Crippen LogP contribution in [-0.2, 0) is 4.74 Å². The molecule has 0 heterocycles. The Kier molecular flexibility index (Phi) is 5.07. The SMILES string of the molecule is COCCC(C)NC1CCC(C)(C)CC1. The summed E-state index contributed by atoms with van der Waals surface area (Å²) in [6.45, 7) is 7.90. The normalized spacial score (nSPS) is 24.0. The van der Waals surface area contributed by atoms with Crippen molar-refractivity contribution < 1.29 is 4.74 Å². The lowest BCUT2D eigenvalue weighted by Gasteiger charge is -2.36. The molecule has 0 amide bonds. The third-order valence-electron chi connectivity index (χ3n) is 3.61. The first-order chi connectivity index (χ1) is 7.03. The van der Waals surface area contributed by atoms with Crippen molar-refractivity contribution in [2.75, 3.05) is 13.7 Å². The van der Waals surface area contributed by atoms with Crippen molar-refractivity contribution in [1.82, 2.24) is 5.32 Å². The lowest BCUT2D eigenvalue weighted by molar-refractivity contribution is 0.168. The molecule has 2 nitrogen and oxygen atoms in total. The third kappa shape index (κ3) is 4.98. The predicted molar refractivity (Wildman–Crippen MR) is 65.1 cm³/mol. The quantitative estimate of drug-likeness (QED) is 0.758. The molecule has 0 bridgehead atoms. The van der Waals surface area contributed by atoms with Crippen LogP contribution in [0, 0.1) is 5.41 Å². The van der Waals surface area contributed by atoms with Gasteiger partial charge in [0.25, 0.3) is 0 Å². The van der Waals surface area contributed by atoms with Gasteiger partial charge in [0.05, 0.1) is 0 Å². The first kappa shape index (κ1) is 13.0. The van der Waals surface area contributed by atoms with E-state index in [2.05, 4.69) is 26.1 Å². The van der Waals surface area contributed by atoms with Crippen molar-refractivity contribution in [3.05, 3.63) is 0 Å². The highest BCUT2D eigenvalue weighted by Gasteiger charge is 2.26. The number of hydrogen-bond donors (Lipinski definition) is 1. The highest BCUT2D eigenvalue weighted by Crippen LogP contribution is 2.35. The summed E-state index contributed by atoms with van der Waals surface area (Å²) in [7, 11) is 1.77. The van der Waals surface area contributed by atoms with Crippen molar-refractivity contribution in [2.45, 2.75) is 65.0 Å². The Morgan fingerprint density at radius 2 is 1.93 bits per heavy atom. The summed E-state index contributed by atoms with van der Waals surface area (Å²) in [5, 5.41) is 3.71. The molecule has 1 aliphatic carbocycles. The van der Waals surface area contributed by atoms with E-state index >= 15 is 0 Å². The minimum atomic E-state index is 0.577. The van der Waals surface area contributed by atoms with E-state index < -0.39 is 0 Å². The molecular weight excluding hydrogens is 186 g/mol. The van der Waals surface area contributed by atoms with E-state index in [4.69, 9.17) is 4.74 Å². The zero-order valence-corrected chi connectivity index (χ0v) is 10.8. The third-order valence-corrected chi connectivity index (χ3v) is 3.61. The lowest BCUT2D eigenvalue weighted by Crippen LogP contribution is -2.40. The lowest BCUT2D eigenvalue weighted by atomic mass is 9.75. The fraction of sp³-hybridized carbons (Fsp3) is 1.00. The van der Waals surface area contributed by atoms with E-state index in [9.17, 15) is 0 Å². The number of hydrogen-bond acceptors (Lipinski definition) is 2. The smallest absolute Gasteiger partial charge is 0.0476 e. The second-order valence-corrected chi connectivity index (χ2v) is 5.79. The van der Waals surface area contributed by atoms with Gasteiger partial charge < -0.3 is 10.1 Å². The number of methoxy groups -OCH3 is 1. The van der Waals surface area contributed by atoms with Crippen LogP contribution in [0.15, 0.2) is 0 Å². The molecule has 0 aromatic rings. The summed E-state index contributed by atoms with van der Waals surface area (Å²) in [5.74, 6) is 0. The summed E-state index contributed by atoms with van der Waals surface area (Å²) in [6.07, 6.45) is 6.52. The zero-order valence-electron chi connectivity index (χ0n) is 10.8. The van der Waals surface area contributed by atoms with Gasteiger partial charge in [0, 0.05) is 25.8 Å². The van der Waals surface area contributed by atoms with Gasteiger partial charge in [-0.05, 0) is 44.4 Å². The summed E-state index contributed by atoms with van der Waals surface area (Å²) >= 11 is 0. The zero-order chi connectivity index (χ0) is 11.3. The van der Waals surface area contributed by atoms with Crippen LogP contribution in [0.1, 0.15) is 52.9 Å². The van der Waals surface area contributed by atoms with Crippen LogP contribution >= 0.6 is 0 Å².